The van der Waals surface area contributed by atoms with E-state index in [9.17, 15) is 0 Å². The van der Waals surface area contributed by atoms with Crippen LogP contribution in [0.2, 0.25) is 0 Å². The maximum absolute atomic E-state index is 6.13. The summed E-state index contributed by atoms with van der Waals surface area (Å²) < 4.78 is 0. The molecule has 0 bridgehead atoms. The zero-order chi connectivity index (χ0) is 14.4. The van der Waals surface area contributed by atoms with Crippen LogP contribution in [0.4, 0.5) is 11.6 Å². The molecule has 2 fully saturated rings. The van der Waals surface area contributed by atoms with Crippen molar-refractivity contribution in [3.8, 4) is 0 Å². The van der Waals surface area contributed by atoms with E-state index in [1.807, 2.05) is 0 Å². The third-order valence-electron chi connectivity index (χ3n) is 4.99. The molecule has 20 heavy (non-hydrogen) atoms. The van der Waals surface area contributed by atoms with Gasteiger partial charge in [-0.2, -0.15) is 0 Å². The highest BCUT2D eigenvalue weighted by Crippen LogP contribution is 2.40. The van der Waals surface area contributed by atoms with E-state index in [4.69, 9.17) is 10.7 Å². The third kappa shape index (κ3) is 2.36. The van der Waals surface area contributed by atoms with Crippen LogP contribution in [0.15, 0.2) is 0 Å². The number of piperidine rings is 1. The first kappa shape index (κ1) is 13.7. The highest BCUT2D eigenvalue weighted by molar-refractivity contribution is 5.57. The molecule has 2 heterocycles. The first-order valence-electron chi connectivity index (χ1n) is 7.88. The lowest BCUT2D eigenvalue weighted by atomic mass is 9.86. The van der Waals surface area contributed by atoms with E-state index in [1.165, 1.54) is 19.3 Å². The molecule has 1 aliphatic carbocycles. The molecule has 2 aliphatic rings. The number of hydrogen-bond acceptors (Lipinski definition) is 4. The summed E-state index contributed by atoms with van der Waals surface area (Å²) in [6, 6.07) is 0.520. The van der Waals surface area contributed by atoms with Crippen molar-refractivity contribution in [1.29, 1.82) is 0 Å². The van der Waals surface area contributed by atoms with E-state index in [0.29, 0.717) is 29.6 Å². The van der Waals surface area contributed by atoms with Crippen LogP contribution in [-0.2, 0) is 0 Å². The fraction of sp³-hybridized carbons (Fsp3) is 0.750. The van der Waals surface area contributed by atoms with Crippen molar-refractivity contribution in [3.63, 3.8) is 0 Å². The van der Waals surface area contributed by atoms with E-state index in [1.54, 1.807) is 0 Å². The van der Waals surface area contributed by atoms with Crippen LogP contribution in [0.25, 0.3) is 0 Å². The largest absolute Gasteiger partial charge is 0.383 e. The van der Waals surface area contributed by atoms with Gasteiger partial charge in [0.1, 0.15) is 17.5 Å². The zero-order valence-corrected chi connectivity index (χ0v) is 13.1. The minimum absolute atomic E-state index is 0.520. The molecule has 2 N–H and O–H groups in total. The summed E-state index contributed by atoms with van der Waals surface area (Å²) in [6.07, 6.45) is 3.72. The maximum atomic E-state index is 6.13. The SMILES string of the molecule is Cc1c(N)nc(C2CC2)nc1N1CC(C)CC(C)C1C. The van der Waals surface area contributed by atoms with Crippen molar-refractivity contribution in [2.75, 3.05) is 17.2 Å². The molecular weight excluding hydrogens is 248 g/mol. The van der Waals surface area contributed by atoms with Crippen molar-refractivity contribution in [1.82, 2.24) is 9.97 Å². The van der Waals surface area contributed by atoms with Gasteiger partial charge in [0.05, 0.1) is 0 Å². The Balaban J connectivity index is 1.99. The van der Waals surface area contributed by atoms with Crippen LogP contribution in [0.1, 0.15) is 57.3 Å². The van der Waals surface area contributed by atoms with E-state index < -0.39 is 0 Å². The molecule has 1 aliphatic heterocycles. The second kappa shape index (κ2) is 4.90. The molecule has 1 saturated carbocycles. The van der Waals surface area contributed by atoms with Crippen molar-refractivity contribution in [3.05, 3.63) is 11.4 Å². The summed E-state index contributed by atoms with van der Waals surface area (Å²) in [5, 5.41) is 0. The van der Waals surface area contributed by atoms with Crippen molar-refractivity contribution >= 4 is 11.6 Å². The molecular formula is C16H26N4. The van der Waals surface area contributed by atoms with Crippen molar-refractivity contribution in [2.45, 2.75) is 58.9 Å². The van der Waals surface area contributed by atoms with Crippen LogP contribution in [0.3, 0.4) is 0 Å². The number of aromatic nitrogens is 2. The van der Waals surface area contributed by atoms with Gasteiger partial charge in [-0.05, 0) is 44.9 Å². The van der Waals surface area contributed by atoms with Gasteiger partial charge in [-0.15, -0.1) is 0 Å². The summed E-state index contributed by atoms with van der Waals surface area (Å²) in [6.45, 7) is 10.1. The van der Waals surface area contributed by atoms with Gasteiger partial charge in [-0.3, -0.25) is 0 Å². The fourth-order valence-corrected chi connectivity index (χ4v) is 3.34. The van der Waals surface area contributed by atoms with Crippen molar-refractivity contribution in [2.24, 2.45) is 11.8 Å². The lowest BCUT2D eigenvalue weighted by Gasteiger charge is -2.42. The van der Waals surface area contributed by atoms with Crippen LogP contribution in [0.5, 0.6) is 0 Å². The van der Waals surface area contributed by atoms with Gasteiger partial charge in [-0.1, -0.05) is 13.8 Å². The summed E-state index contributed by atoms with van der Waals surface area (Å²) in [7, 11) is 0. The highest BCUT2D eigenvalue weighted by Gasteiger charge is 2.33. The van der Waals surface area contributed by atoms with Gasteiger partial charge < -0.3 is 10.6 Å². The fourth-order valence-electron chi connectivity index (χ4n) is 3.34. The van der Waals surface area contributed by atoms with Gasteiger partial charge in [0.15, 0.2) is 0 Å². The molecule has 0 aromatic carbocycles. The van der Waals surface area contributed by atoms with Gasteiger partial charge in [-0.25, -0.2) is 9.97 Å². The summed E-state index contributed by atoms with van der Waals surface area (Å²) in [4.78, 5) is 11.8. The Labute approximate surface area is 121 Å². The number of hydrogen-bond donors (Lipinski definition) is 1. The smallest absolute Gasteiger partial charge is 0.137 e. The lowest BCUT2D eigenvalue weighted by molar-refractivity contribution is 0.295. The average molecular weight is 274 g/mol. The molecule has 1 saturated heterocycles. The van der Waals surface area contributed by atoms with E-state index >= 15 is 0 Å². The Hall–Kier alpha value is -1.32. The summed E-state index contributed by atoms with van der Waals surface area (Å²) >= 11 is 0. The monoisotopic (exact) mass is 274 g/mol. The molecule has 3 rings (SSSR count). The van der Waals surface area contributed by atoms with E-state index in [0.717, 1.165) is 23.8 Å². The number of nitrogens with two attached hydrogens (primary N) is 1. The Morgan fingerprint density at radius 3 is 2.50 bits per heavy atom. The van der Waals surface area contributed by atoms with E-state index in [2.05, 4.69) is 37.6 Å². The van der Waals surface area contributed by atoms with Gasteiger partial charge in [0.2, 0.25) is 0 Å². The Kier molecular flexibility index (Phi) is 3.35. The Morgan fingerprint density at radius 1 is 1.15 bits per heavy atom. The van der Waals surface area contributed by atoms with Gasteiger partial charge in [0, 0.05) is 24.1 Å². The lowest BCUT2D eigenvalue weighted by Crippen LogP contribution is -2.46. The molecule has 110 valence electrons. The average Bonchev–Trinajstić information content (AvgIpc) is 3.21. The molecule has 0 spiro atoms. The Bertz CT molecular complexity index is 509. The molecule has 4 heteroatoms. The maximum Gasteiger partial charge on any atom is 0.137 e. The van der Waals surface area contributed by atoms with E-state index in [-0.39, 0.29) is 0 Å². The van der Waals surface area contributed by atoms with Gasteiger partial charge in [0.25, 0.3) is 0 Å². The predicted octanol–water partition coefficient (Wildman–Crippen LogP) is 3.12. The molecule has 4 nitrogen and oxygen atoms in total. The third-order valence-corrected chi connectivity index (χ3v) is 4.99. The molecule has 1 aromatic rings. The van der Waals surface area contributed by atoms with Crippen LogP contribution in [-0.4, -0.2) is 22.6 Å². The molecule has 1 aromatic heterocycles. The standard InChI is InChI=1S/C16H26N4/c1-9-7-10(2)12(4)20(8-9)16-11(3)14(17)18-15(19-16)13-5-6-13/h9-10,12-13H,5-8H2,1-4H3,(H2,17,18,19). The second-order valence-electron chi connectivity index (χ2n) is 6.90. The molecule has 3 atom stereocenters. The van der Waals surface area contributed by atoms with Crippen LogP contribution >= 0.6 is 0 Å². The van der Waals surface area contributed by atoms with Crippen LogP contribution < -0.4 is 10.6 Å². The quantitative estimate of drug-likeness (QED) is 0.900. The Morgan fingerprint density at radius 2 is 1.85 bits per heavy atom. The number of nitrogens with zero attached hydrogens (tertiary/aromatic N) is 3. The number of nitrogen functional groups attached to an aromatic ring is 1. The first-order chi connectivity index (χ1) is 9.47. The normalized spacial score (nSPS) is 30.6. The minimum Gasteiger partial charge on any atom is -0.383 e. The van der Waals surface area contributed by atoms with Gasteiger partial charge >= 0.3 is 0 Å². The zero-order valence-electron chi connectivity index (χ0n) is 13.1. The first-order valence-corrected chi connectivity index (χ1v) is 7.88. The van der Waals surface area contributed by atoms with Crippen molar-refractivity contribution < 1.29 is 0 Å². The topological polar surface area (TPSA) is 55.0 Å². The molecule has 0 radical (unpaired) electrons. The minimum atomic E-state index is 0.520. The predicted molar refractivity (Wildman–Crippen MR) is 82.9 cm³/mol. The number of rotatable bonds is 2. The molecule has 3 unspecified atom stereocenters. The van der Waals surface area contributed by atoms with Crippen LogP contribution in [0, 0.1) is 18.8 Å². The second-order valence-corrected chi connectivity index (χ2v) is 6.90. The molecule has 0 amide bonds. The highest BCUT2D eigenvalue weighted by atomic mass is 15.2. The summed E-state index contributed by atoms with van der Waals surface area (Å²) in [5.41, 5.74) is 7.17. The number of anilines is 2. The summed E-state index contributed by atoms with van der Waals surface area (Å²) in [5.74, 6) is 4.65.